The number of rotatable bonds is 4. The molecule has 4 aromatic rings. The molecule has 0 saturated heterocycles. The maximum absolute atomic E-state index is 12.9. The van der Waals surface area contributed by atoms with Gasteiger partial charge in [-0.1, -0.05) is 54.1 Å². The number of aliphatic hydroxyl groups is 1. The number of hydrogen-bond acceptors (Lipinski definition) is 3. The van der Waals surface area contributed by atoms with Crippen LogP contribution in [0.25, 0.3) is 21.8 Å². The smallest absolute Gasteiger partial charge is 0.240 e. The van der Waals surface area contributed by atoms with E-state index < -0.39 is 22.2 Å². The van der Waals surface area contributed by atoms with Gasteiger partial charge in [-0.25, -0.2) is 13.1 Å². The zero-order valence-electron chi connectivity index (χ0n) is 17.4. The first-order valence-electron chi connectivity index (χ1n) is 10.7. The van der Waals surface area contributed by atoms with Crippen LogP contribution in [0.3, 0.4) is 0 Å². The number of aromatic nitrogens is 1. The minimum atomic E-state index is -3.71. The average molecular weight is 435 g/mol. The summed E-state index contributed by atoms with van der Waals surface area (Å²) in [6.07, 6.45) is 1.42. The molecule has 0 aliphatic heterocycles. The molecule has 1 fully saturated rings. The lowest BCUT2D eigenvalue weighted by Gasteiger charge is -2.36. The van der Waals surface area contributed by atoms with Gasteiger partial charge in [-0.3, -0.25) is 0 Å². The predicted octanol–water partition coefficient (Wildman–Crippen LogP) is 4.54. The Morgan fingerprint density at radius 3 is 2.06 bits per heavy atom. The number of benzene rings is 3. The summed E-state index contributed by atoms with van der Waals surface area (Å²) < 4.78 is 30.9. The van der Waals surface area contributed by atoms with Gasteiger partial charge in [-0.05, 0) is 50.5 Å². The Morgan fingerprint density at radius 2 is 1.45 bits per heavy atom. The van der Waals surface area contributed by atoms with E-state index in [1.54, 1.807) is 24.3 Å². The van der Waals surface area contributed by atoms with Crippen molar-refractivity contribution in [3.05, 3.63) is 78.4 Å². The van der Waals surface area contributed by atoms with Gasteiger partial charge >= 0.3 is 0 Å². The minimum absolute atomic E-state index is 0.204. The number of aryl methyl sites for hydroxylation is 1. The first-order valence-corrected chi connectivity index (χ1v) is 12.2. The summed E-state index contributed by atoms with van der Waals surface area (Å²) in [4.78, 5) is 0.226. The summed E-state index contributed by atoms with van der Waals surface area (Å²) >= 11 is 0. The van der Waals surface area contributed by atoms with E-state index in [1.807, 2.05) is 31.2 Å². The number of hydrogen-bond donors (Lipinski definition) is 2. The van der Waals surface area contributed by atoms with E-state index in [2.05, 4.69) is 33.6 Å². The average Bonchev–Trinajstić information content (AvgIpc) is 3.10. The maximum atomic E-state index is 12.9. The molecule has 1 saturated carbocycles. The molecule has 0 spiro atoms. The number of aliphatic hydroxyl groups excluding tert-OH is 1. The molecule has 5 rings (SSSR count). The molecule has 5 nitrogen and oxygen atoms in total. The van der Waals surface area contributed by atoms with Gasteiger partial charge in [-0.15, -0.1) is 0 Å². The van der Waals surface area contributed by atoms with Crippen molar-refractivity contribution in [1.29, 1.82) is 0 Å². The van der Waals surface area contributed by atoms with Crippen molar-refractivity contribution in [2.24, 2.45) is 0 Å². The van der Waals surface area contributed by atoms with Crippen molar-refractivity contribution in [1.82, 2.24) is 9.29 Å². The Kier molecular flexibility index (Phi) is 5.08. The van der Waals surface area contributed by atoms with Gasteiger partial charge in [0, 0.05) is 21.8 Å². The van der Waals surface area contributed by atoms with Crippen molar-refractivity contribution < 1.29 is 13.5 Å². The van der Waals surface area contributed by atoms with Crippen LogP contribution in [0.5, 0.6) is 0 Å². The second-order valence-electron chi connectivity index (χ2n) is 8.43. The van der Waals surface area contributed by atoms with E-state index in [0.29, 0.717) is 6.42 Å². The third kappa shape index (κ3) is 3.55. The zero-order valence-corrected chi connectivity index (χ0v) is 18.2. The Hall–Kier alpha value is -2.67. The fourth-order valence-corrected chi connectivity index (χ4v) is 6.15. The van der Waals surface area contributed by atoms with Gasteiger partial charge in [0.15, 0.2) is 0 Å². The Bertz CT molecular complexity index is 1290. The van der Waals surface area contributed by atoms with Crippen LogP contribution in [0, 0.1) is 6.92 Å². The molecule has 0 amide bonds. The largest absolute Gasteiger partial charge is 0.389 e. The quantitative estimate of drug-likeness (QED) is 0.496. The second-order valence-corrected chi connectivity index (χ2v) is 10.1. The lowest BCUT2D eigenvalue weighted by Crippen LogP contribution is -2.49. The molecule has 3 atom stereocenters. The fraction of sp³-hybridized carbons (Fsp3) is 0.280. The fourth-order valence-electron chi connectivity index (χ4n) is 4.86. The molecular weight excluding hydrogens is 408 g/mol. The van der Waals surface area contributed by atoms with Crippen LogP contribution in [-0.4, -0.2) is 30.2 Å². The molecule has 2 N–H and O–H groups in total. The van der Waals surface area contributed by atoms with Gasteiger partial charge in [0.2, 0.25) is 10.0 Å². The van der Waals surface area contributed by atoms with E-state index >= 15 is 0 Å². The lowest BCUT2D eigenvalue weighted by molar-refractivity contribution is 0.0547. The predicted molar refractivity (Wildman–Crippen MR) is 124 cm³/mol. The zero-order chi connectivity index (χ0) is 21.6. The Balaban J connectivity index is 1.51. The van der Waals surface area contributed by atoms with Crippen LogP contribution in [0.4, 0.5) is 0 Å². The minimum Gasteiger partial charge on any atom is -0.389 e. The van der Waals surface area contributed by atoms with E-state index in [-0.39, 0.29) is 10.9 Å². The summed E-state index contributed by atoms with van der Waals surface area (Å²) in [5.41, 5.74) is 3.13. The molecular formula is C25H26N2O3S. The normalized spacial score (nSPS) is 22.2. The van der Waals surface area contributed by atoms with Gasteiger partial charge in [0.05, 0.1) is 23.1 Å². The highest BCUT2D eigenvalue weighted by atomic mass is 32.2. The molecule has 1 aliphatic carbocycles. The molecule has 160 valence electrons. The molecule has 6 heteroatoms. The Labute approximate surface area is 182 Å². The van der Waals surface area contributed by atoms with Crippen LogP contribution in [0.15, 0.2) is 77.7 Å². The number of para-hydroxylation sites is 2. The molecule has 1 aromatic heterocycles. The number of fused-ring (bicyclic) bond motifs is 3. The molecule has 31 heavy (non-hydrogen) atoms. The first-order chi connectivity index (χ1) is 15.0. The third-order valence-corrected chi connectivity index (χ3v) is 7.91. The molecule has 3 aromatic carbocycles. The molecule has 0 unspecified atom stereocenters. The standard InChI is InChI=1S/C25H26N2O3S/c1-17-13-15-18(16-14-17)31(29,30)26-21-9-6-12-24(25(21)28)27-22-10-4-2-7-19(22)20-8-3-5-11-23(20)27/h2-5,7-8,10-11,13-16,21,24-26,28H,6,9,12H2,1H3/t21-,24+,25+/m1/s1. The van der Waals surface area contributed by atoms with Crippen LogP contribution in [0.1, 0.15) is 30.9 Å². The van der Waals surface area contributed by atoms with Crippen LogP contribution >= 0.6 is 0 Å². The van der Waals surface area contributed by atoms with Gasteiger partial charge in [0.1, 0.15) is 0 Å². The number of sulfonamides is 1. The highest BCUT2D eigenvalue weighted by molar-refractivity contribution is 7.89. The third-order valence-electron chi connectivity index (χ3n) is 6.41. The van der Waals surface area contributed by atoms with E-state index in [1.165, 1.54) is 0 Å². The number of nitrogens with one attached hydrogen (secondary N) is 1. The highest BCUT2D eigenvalue weighted by Gasteiger charge is 2.36. The monoisotopic (exact) mass is 434 g/mol. The highest BCUT2D eigenvalue weighted by Crippen LogP contribution is 2.38. The van der Waals surface area contributed by atoms with Gasteiger partial charge in [0.25, 0.3) is 0 Å². The molecule has 1 aliphatic rings. The molecule has 1 heterocycles. The van der Waals surface area contributed by atoms with Crippen LogP contribution in [-0.2, 0) is 10.0 Å². The SMILES string of the molecule is Cc1ccc(S(=O)(=O)N[C@@H]2CCC[C@H](n3c4ccccc4c4ccccc43)[C@H]2O)cc1. The van der Waals surface area contributed by atoms with Crippen molar-refractivity contribution in [2.75, 3.05) is 0 Å². The first kappa shape index (κ1) is 20.2. The lowest BCUT2D eigenvalue weighted by atomic mass is 9.88. The summed E-state index contributed by atoms with van der Waals surface area (Å²) in [5, 5.41) is 13.6. The topological polar surface area (TPSA) is 71.3 Å². The second kappa shape index (κ2) is 7.79. The number of nitrogens with zero attached hydrogens (tertiary/aromatic N) is 1. The van der Waals surface area contributed by atoms with Crippen molar-refractivity contribution in [2.45, 2.75) is 49.3 Å². The van der Waals surface area contributed by atoms with Crippen LogP contribution in [0.2, 0.25) is 0 Å². The van der Waals surface area contributed by atoms with Crippen molar-refractivity contribution >= 4 is 31.8 Å². The summed E-state index contributed by atoms with van der Waals surface area (Å²) in [7, 11) is -3.71. The Morgan fingerprint density at radius 1 is 0.871 bits per heavy atom. The van der Waals surface area contributed by atoms with Crippen molar-refractivity contribution in [3.8, 4) is 0 Å². The molecule has 0 bridgehead atoms. The summed E-state index contributed by atoms with van der Waals surface area (Å²) in [5.74, 6) is 0. The van der Waals surface area contributed by atoms with E-state index in [0.717, 1.165) is 40.2 Å². The summed E-state index contributed by atoms with van der Waals surface area (Å²) in [6.45, 7) is 1.92. The van der Waals surface area contributed by atoms with Crippen molar-refractivity contribution in [3.63, 3.8) is 0 Å². The van der Waals surface area contributed by atoms with E-state index in [9.17, 15) is 13.5 Å². The van der Waals surface area contributed by atoms with Gasteiger partial charge in [-0.2, -0.15) is 0 Å². The van der Waals surface area contributed by atoms with Gasteiger partial charge < -0.3 is 9.67 Å². The summed E-state index contributed by atoms with van der Waals surface area (Å²) in [6, 6.07) is 22.4. The molecule has 0 radical (unpaired) electrons. The van der Waals surface area contributed by atoms with E-state index in [4.69, 9.17) is 0 Å². The van der Waals surface area contributed by atoms with Crippen LogP contribution < -0.4 is 4.72 Å². The maximum Gasteiger partial charge on any atom is 0.240 e.